The molecule has 0 aliphatic carbocycles. The Morgan fingerprint density at radius 1 is 1.09 bits per heavy atom. The lowest BCUT2D eigenvalue weighted by Gasteiger charge is -2.31. The second-order valence-electron chi connectivity index (χ2n) is 7.35. The first-order chi connectivity index (χ1) is 15.7. The highest BCUT2D eigenvalue weighted by molar-refractivity contribution is 7.92. The molecule has 0 spiro atoms. The first-order valence-corrected chi connectivity index (χ1v) is 11.6. The lowest BCUT2D eigenvalue weighted by molar-refractivity contribution is -0.385. The van der Waals surface area contributed by atoms with Crippen LogP contribution in [0.25, 0.3) is 0 Å². The zero-order chi connectivity index (χ0) is 23.8. The summed E-state index contributed by atoms with van der Waals surface area (Å²) in [4.78, 5) is 23.2. The van der Waals surface area contributed by atoms with Crippen LogP contribution in [0.4, 0.5) is 21.5 Å². The fourth-order valence-corrected chi connectivity index (χ4v) is 5.38. The number of sulfonamides is 1. The summed E-state index contributed by atoms with van der Waals surface area (Å²) in [6.07, 6.45) is 1.12. The fraction of sp³-hybridized carbons (Fsp3) is 0.136. The minimum absolute atomic E-state index is 0.0256. The second kappa shape index (κ2) is 8.80. The van der Waals surface area contributed by atoms with Crippen molar-refractivity contribution in [3.05, 3.63) is 92.7 Å². The number of nitro groups is 1. The summed E-state index contributed by atoms with van der Waals surface area (Å²) in [5, 5.41) is 14.0. The molecule has 170 valence electrons. The molecule has 4 rings (SSSR count). The lowest BCUT2D eigenvalue weighted by Crippen LogP contribution is -2.35. The van der Waals surface area contributed by atoms with Crippen LogP contribution < -0.4 is 9.62 Å². The van der Waals surface area contributed by atoms with E-state index in [0.29, 0.717) is 29.8 Å². The summed E-state index contributed by atoms with van der Waals surface area (Å²) in [5.41, 5.74) is 0.925. The van der Waals surface area contributed by atoms with Gasteiger partial charge in [0.25, 0.3) is 21.6 Å². The summed E-state index contributed by atoms with van der Waals surface area (Å²) < 4.78 is 40.7. The van der Waals surface area contributed by atoms with Crippen molar-refractivity contribution in [2.75, 3.05) is 16.2 Å². The number of amides is 1. The van der Waals surface area contributed by atoms with Gasteiger partial charge in [-0.05, 0) is 73.0 Å². The van der Waals surface area contributed by atoms with Gasteiger partial charge in [0.15, 0.2) is 0 Å². The molecule has 3 aromatic rings. The Morgan fingerprint density at radius 3 is 2.52 bits per heavy atom. The third-order valence-electron chi connectivity index (χ3n) is 5.21. The topological polar surface area (TPSA) is 110 Å². The van der Waals surface area contributed by atoms with Crippen molar-refractivity contribution in [2.24, 2.45) is 0 Å². The standard InChI is InChI=1S/C22H17ClFN3O5S/c23-15-3-9-21(27(29)30)19(13-15)22(28)25-17-6-10-20-14(12-17)2-1-11-26(20)33(31,32)18-7-4-16(24)5-8-18/h3-10,12-13H,1-2,11H2,(H,25,28). The molecule has 0 unspecified atom stereocenters. The van der Waals surface area contributed by atoms with E-state index in [4.69, 9.17) is 11.6 Å². The zero-order valence-electron chi connectivity index (χ0n) is 17.0. The predicted molar refractivity (Wildman–Crippen MR) is 122 cm³/mol. The molecule has 0 saturated carbocycles. The number of hydrogen-bond donors (Lipinski definition) is 1. The number of carbonyl (C=O) groups excluding carboxylic acids is 1. The van der Waals surface area contributed by atoms with Gasteiger partial charge < -0.3 is 5.32 Å². The molecule has 11 heteroatoms. The highest BCUT2D eigenvalue weighted by atomic mass is 35.5. The van der Waals surface area contributed by atoms with E-state index >= 15 is 0 Å². The number of benzene rings is 3. The SMILES string of the molecule is O=C(Nc1ccc2c(c1)CCCN2S(=O)(=O)c1ccc(F)cc1)c1cc(Cl)ccc1[N+](=O)[O-]. The summed E-state index contributed by atoms with van der Waals surface area (Å²) in [5.74, 6) is -1.25. The highest BCUT2D eigenvalue weighted by Gasteiger charge is 2.29. The van der Waals surface area contributed by atoms with Crippen LogP contribution in [0.3, 0.4) is 0 Å². The molecule has 3 aromatic carbocycles. The van der Waals surface area contributed by atoms with Crippen molar-refractivity contribution in [2.45, 2.75) is 17.7 Å². The first-order valence-electron chi connectivity index (χ1n) is 9.83. The van der Waals surface area contributed by atoms with Gasteiger partial charge in [-0.1, -0.05) is 11.6 Å². The maximum atomic E-state index is 13.2. The molecule has 0 radical (unpaired) electrons. The monoisotopic (exact) mass is 489 g/mol. The average molecular weight is 490 g/mol. The lowest BCUT2D eigenvalue weighted by atomic mass is 10.0. The largest absolute Gasteiger partial charge is 0.322 e. The van der Waals surface area contributed by atoms with Gasteiger partial charge in [0.2, 0.25) is 0 Å². The number of anilines is 2. The Bertz CT molecular complexity index is 1360. The normalized spacial score (nSPS) is 13.3. The van der Waals surface area contributed by atoms with E-state index in [1.54, 1.807) is 12.1 Å². The molecule has 1 aliphatic heterocycles. The number of carbonyl (C=O) groups is 1. The number of halogens is 2. The number of nitrogens with one attached hydrogen (secondary N) is 1. The van der Waals surface area contributed by atoms with Crippen LogP contribution in [-0.2, 0) is 16.4 Å². The van der Waals surface area contributed by atoms with E-state index in [0.717, 1.165) is 18.2 Å². The molecule has 0 fully saturated rings. The van der Waals surface area contributed by atoms with Crippen LogP contribution >= 0.6 is 11.6 Å². The van der Waals surface area contributed by atoms with E-state index in [9.17, 15) is 27.7 Å². The van der Waals surface area contributed by atoms with E-state index in [2.05, 4.69) is 5.32 Å². The predicted octanol–water partition coefficient (Wildman–Crippen LogP) is 4.78. The highest BCUT2D eigenvalue weighted by Crippen LogP contribution is 2.34. The van der Waals surface area contributed by atoms with Crippen molar-refractivity contribution in [3.63, 3.8) is 0 Å². The van der Waals surface area contributed by atoms with Crippen LogP contribution in [-0.4, -0.2) is 25.8 Å². The number of rotatable bonds is 5. The number of aryl methyl sites for hydroxylation is 1. The van der Waals surface area contributed by atoms with Crippen LogP contribution in [0, 0.1) is 15.9 Å². The minimum atomic E-state index is -3.90. The first kappa shape index (κ1) is 22.7. The van der Waals surface area contributed by atoms with E-state index in [1.165, 1.54) is 34.6 Å². The molecule has 1 amide bonds. The summed E-state index contributed by atoms with van der Waals surface area (Å²) in [6.45, 7) is 0.257. The van der Waals surface area contributed by atoms with Crippen molar-refractivity contribution < 1.29 is 22.5 Å². The molecular weight excluding hydrogens is 473 g/mol. The summed E-state index contributed by atoms with van der Waals surface area (Å²) in [7, 11) is -3.90. The zero-order valence-corrected chi connectivity index (χ0v) is 18.6. The maximum Gasteiger partial charge on any atom is 0.282 e. The van der Waals surface area contributed by atoms with Gasteiger partial charge in [-0.3, -0.25) is 19.2 Å². The van der Waals surface area contributed by atoms with E-state index in [1.807, 2.05) is 0 Å². The van der Waals surface area contributed by atoms with Gasteiger partial charge in [0, 0.05) is 23.3 Å². The van der Waals surface area contributed by atoms with Crippen molar-refractivity contribution >= 4 is 44.6 Å². The van der Waals surface area contributed by atoms with Gasteiger partial charge >= 0.3 is 0 Å². The summed E-state index contributed by atoms with van der Waals surface area (Å²) >= 11 is 5.90. The van der Waals surface area contributed by atoms with E-state index < -0.39 is 26.7 Å². The fourth-order valence-electron chi connectivity index (χ4n) is 3.67. The van der Waals surface area contributed by atoms with Crippen LogP contribution in [0.15, 0.2) is 65.6 Å². The molecular formula is C22H17ClFN3O5S. The second-order valence-corrected chi connectivity index (χ2v) is 9.65. The average Bonchev–Trinajstić information content (AvgIpc) is 2.78. The van der Waals surface area contributed by atoms with Gasteiger partial charge in [0.05, 0.1) is 15.5 Å². The molecule has 1 aliphatic rings. The Morgan fingerprint density at radius 2 is 1.82 bits per heavy atom. The Hall–Kier alpha value is -3.50. The Kier molecular flexibility index (Phi) is 6.05. The maximum absolute atomic E-state index is 13.2. The third-order valence-corrected chi connectivity index (χ3v) is 7.28. The number of fused-ring (bicyclic) bond motifs is 1. The van der Waals surface area contributed by atoms with Crippen molar-refractivity contribution in [1.29, 1.82) is 0 Å². The van der Waals surface area contributed by atoms with Gasteiger partial charge in [0.1, 0.15) is 11.4 Å². The van der Waals surface area contributed by atoms with Gasteiger partial charge in [-0.15, -0.1) is 0 Å². The number of hydrogen-bond acceptors (Lipinski definition) is 5. The molecule has 1 heterocycles. The van der Waals surface area contributed by atoms with Crippen molar-refractivity contribution in [1.82, 2.24) is 0 Å². The van der Waals surface area contributed by atoms with Gasteiger partial charge in [-0.2, -0.15) is 0 Å². The van der Waals surface area contributed by atoms with Crippen LogP contribution in [0.1, 0.15) is 22.3 Å². The quantitative estimate of drug-likeness (QED) is 0.409. The number of nitro benzene ring substituents is 1. The van der Waals surface area contributed by atoms with Crippen LogP contribution in [0.2, 0.25) is 5.02 Å². The molecule has 8 nitrogen and oxygen atoms in total. The molecule has 0 bridgehead atoms. The summed E-state index contributed by atoms with van der Waals surface area (Å²) in [6, 6.07) is 13.0. The minimum Gasteiger partial charge on any atom is -0.322 e. The Balaban J connectivity index is 1.63. The van der Waals surface area contributed by atoms with Crippen molar-refractivity contribution in [3.8, 4) is 0 Å². The third kappa shape index (κ3) is 4.53. The smallest absolute Gasteiger partial charge is 0.282 e. The Labute approximate surface area is 193 Å². The number of nitrogens with zero attached hydrogens (tertiary/aromatic N) is 2. The van der Waals surface area contributed by atoms with E-state index in [-0.39, 0.29) is 27.7 Å². The molecule has 1 N–H and O–H groups in total. The molecule has 0 aromatic heterocycles. The molecule has 0 saturated heterocycles. The molecule has 33 heavy (non-hydrogen) atoms. The molecule has 0 atom stereocenters. The van der Waals surface area contributed by atoms with Gasteiger partial charge in [-0.25, -0.2) is 12.8 Å². The van der Waals surface area contributed by atoms with Crippen LogP contribution in [0.5, 0.6) is 0 Å².